The van der Waals surface area contributed by atoms with Crippen LogP contribution in [-0.2, 0) is 19.2 Å². The van der Waals surface area contributed by atoms with Gasteiger partial charge in [-0.2, -0.15) is 0 Å². The molecule has 1 saturated carbocycles. The second-order valence-corrected chi connectivity index (χ2v) is 10.1. The van der Waals surface area contributed by atoms with E-state index in [-0.39, 0.29) is 23.6 Å². The highest BCUT2D eigenvalue weighted by atomic mass is 16.2. The number of nitrogens with zero attached hydrogens (tertiary/aromatic N) is 2. The predicted octanol–water partition coefficient (Wildman–Crippen LogP) is 3.65. The van der Waals surface area contributed by atoms with Gasteiger partial charge in [-0.05, 0) is 62.1 Å². The van der Waals surface area contributed by atoms with Crippen molar-refractivity contribution in [3.63, 3.8) is 0 Å². The summed E-state index contributed by atoms with van der Waals surface area (Å²) in [7, 11) is 0. The number of allylic oxidation sites excluding steroid dienone is 2. The fourth-order valence-electron chi connectivity index (χ4n) is 6.66. The normalized spacial score (nSPS) is 31.5. The number of imide groups is 2. The molecule has 5 aliphatic rings. The Morgan fingerprint density at radius 1 is 0.529 bits per heavy atom. The lowest BCUT2D eigenvalue weighted by atomic mass is 9.54. The first-order valence-corrected chi connectivity index (χ1v) is 11.8. The van der Waals surface area contributed by atoms with Crippen LogP contribution in [0.15, 0.2) is 48.6 Å². The third-order valence-electron chi connectivity index (χ3n) is 8.64. The molecule has 34 heavy (non-hydrogen) atoms. The molecule has 2 aliphatic heterocycles. The van der Waals surface area contributed by atoms with Crippen molar-refractivity contribution in [1.82, 2.24) is 0 Å². The second-order valence-electron chi connectivity index (χ2n) is 10.1. The fourth-order valence-corrected chi connectivity index (χ4v) is 6.66. The molecule has 4 amide bonds. The highest BCUT2D eigenvalue weighted by Crippen LogP contribution is 2.58. The molecule has 0 aromatic heterocycles. The first kappa shape index (κ1) is 21.0. The third kappa shape index (κ3) is 2.46. The van der Waals surface area contributed by atoms with Gasteiger partial charge in [-0.1, -0.05) is 36.4 Å². The van der Waals surface area contributed by atoms with Crippen LogP contribution in [-0.4, -0.2) is 23.6 Å². The maximum absolute atomic E-state index is 13.7. The van der Waals surface area contributed by atoms with Crippen molar-refractivity contribution < 1.29 is 19.2 Å². The monoisotopic (exact) mass is 454 g/mol. The van der Waals surface area contributed by atoms with Crippen LogP contribution in [0.4, 0.5) is 11.4 Å². The summed E-state index contributed by atoms with van der Waals surface area (Å²) >= 11 is 0. The molecule has 2 unspecified atom stereocenters. The maximum Gasteiger partial charge on any atom is 0.238 e. The Hall–Kier alpha value is -3.54. The summed E-state index contributed by atoms with van der Waals surface area (Å²) in [5.74, 6) is -4.40. The Morgan fingerprint density at radius 2 is 0.853 bits per heavy atom. The Balaban J connectivity index is 1.42. The first-order valence-electron chi connectivity index (χ1n) is 11.8. The summed E-state index contributed by atoms with van der Waals surface area (Å²) in [6.45, 7) is 7.71. The van der Waals surface area contributed by atoms with Gasteiger partial charge >= 0.3 is 0 Å². The average molecular weight is 455 g/mol. The number of amides is 4. The quantitative estimate of drug-likeness (QED) is 0.513. The molecule has 0 radical (unpaired) electrons. The van der Waals surface area contributed by atoms with E-state index in [0.29, 0.717) is 11.4 Å². The van der Waals surface area contributed by atoms with E-state index in [4.69, 9.17) is 0 Å². The molecule has 2 bridgehead atoms. The highest BCUT2D eigenvalue weighted by Gasteiger charge is 2.69. The van der Waals surface area contributed by atoms with Crippen LogP contribution < -0.4 is 9.80 Å². The molecule has 6 atom stereocenters. The molecule has 2 aromatic rings. The van der Waals surface area contributed by atoms with Crippen LogP contribution in [0.1, 0.15) is 22.3 Å². The lowest BCUT2D eigenvalue weighted by Gasteiger charge is -2.44. The van der Waals surface area contributed by atoms with E-state index in [9.17, 15) is 19.2 Å². The average Bonchev–Trinajstić information content (AvgIpc) is 3.25. The third-order valence-corrected chi connectivity index (χ3v) is 8.64. The largest absolute Gasteiger partial charge is 0.274 e. The molecule has 2 saturated heterocycles. The zero-order valence-electron chi connectivity index (χ0n) is 19.6. The zero-order valence-corrected chi connectivity index (χ0v) is 19.6. The molecule has 2 aromatic carbocycles. The van der Waals surface area contributed by atoms with Gasteiger partial charge in [0, 0.05) is 11.8 Å². The van der Waals surface area contributed by atoms with Crippen LogP contribution >= 0.6 is 0 Å². The predicted molar refractivity (Wildman–Crippen MR) is 127 cm³/mol. The van der Waals surface area contributed by atoms with Gasteiger partial charge in [0.15, 0.2) is 0 Å². The minimum Gasteiger partial charge on any atom is -0.274 e. The van der Waals surface area contributed by atoms with Crippen LogP contribution in [0, 0.1) is 63.2 Å². The number of hydrogen-bond donors (Lipinski definition) is 0. The van der Waals surface area contributed by atoms with Crippen LogP contribution in [0.2, 0.25) is 0 Å². The zero-order chi connectivity index (χ0) is 24.0. The number of rotatable bonds is 2. The molecule has 3 fully saturated rings. The first-order chi connectivity index (χ1) is 16.2. The van der Waals surface area contributed by atoms with Crippen molar-refractivity contribution in [2.75, 3.05) is 9.80 Å². The SMILES string of the molecule is Cc1cccc(N2C(=O)[C@@H]3C4C=CC([C@@H]3C2=O)[C@@H]2C(=O)N(c3cccc(C)c3C)C(=O)[C@@H]42)c1C. The van der Waals surface area contributed by atoms with Gasteiger partial charge in [0.25, 0.3) is 0 Å². The molecule has 6 nitrogen and oxygen atoms in total. The smallest absolute Gasteiger partial charge is 0.238 e. The standard InChI is InChI=1S/C28H26N2O4/c1-13-7-5-9-19(15(13)3)29-25(31)21-17-11-12-18(22(21)26(29)32)24-23(17)27(33)30(28(24)34)20-10-6-8-14(2)16(20)4/h5-12,17-18,21-24H,1-4H3/t17?,18?,21-,22-,23-,24+/m0/s1. The van der Waals surface area contributed by atoms with E-state index in [0.717, 1.165) is 22.3 Å². The fraction of sp³-hybridized carbons (Fsp3) is 0.357. The number of anilines is 2. The lowest BCUT2D eigenvalue weighted by Crippen LogP contribution is -2.50. The van der Waals surface area contributed by atoms with Crippen LogP contribution in [0.25, 0.3) is 0 Å². The summed E-state index contributed by atoms with van der Waals surface area (Å²) < 4.78 is 0. The summed E-state index contributed by atoms with van der Waals surface area (Å²) in [5.41, 5.74) is 4.97. The molecule has 0 spiro atoms. The van der Waals surface area contributed by atoms with Gasteiger partial charge in [0.2, 0.25) is 23.6 Å². The molecule has 7 rings (SSSR count). The molecule has 3 aliphatic carbocycles. The number of carbonyl (C=O) groups is 4. The summed E-state index contributed by atoms with van der Waals surface area (Å²) in [5, 5.41) is 0. The molecular weight excluding hydrogens is 428 g/mol. The van der Waals surface area contributed by atoms with Gasteiger partial charge in [0.05, 0.1) is 35.0 Å². The van der Waals surface area contributed by atoms with Crippen molar-refractivity contribution in [2.24, 2.45) is 35.5 Å². The highest BCUT2D eigenvalue weighted by molar-refractivity contribution is 6.26. The number of hydrogen-bond acceptors (Lipinski definition) is 4. The van der Waals surface area contributed by atoms with E-state index in [1.807, 2.05) is 64.1 Å². The van der Waals surface area contributed by atoms with Gasteiger partial charge in [-0.15, -0.1) is 0 Å². The summed E-state index contributed by atoms with van der Waals surface area (Å²) in [6.07, 6.45) is 3.81. The van der Waals surface area contributed by atoms with E-state index >= 15 is 0 Å². The topological polar surface area (TPSA) is 74.8 Å². The molecule has 6 heteroatoms. The van der Waals surface area contributed by atoms with Crippen molar-refractivity contribution >= 4 is 35.0 Å². The molecule has 2 heterocycles. The molecular formula is C28H26N2O4. The van der Waals surface area contributed by atoms with E-state index in [1.165, 1.54) is 9.80 Å². The minimum atomic E-state index is -0.612. The van der Waals surface area contributed by atoms with E-state index in [2.05, 4.69) is 0 Å². The van der Waals surface area contributed by atoms with Crippen molar-refractivity contribution in [3.05, 3.63) is 70.8 Å². The van der Waals surface area contributed by atoms with E-state index in [1.54, 1.807) is 12.1 Å². The number of benzene rings is 2. The van der Waals surface area contributed by atoms with Crippen LogP contribution in [0.5, 0.6) is 0 Å². The van der Waals surface area contributed by atoms with Crippen molar-refractivity contribution in [1.29, 1.82) is 0 Å². The summed E-state index contributed by atoms with van der Waals surface area (Å²) in [4.78, 5) is 57.4. The number of carbonyl (C=O) groups excluding carboxylic acids is 4. The van der Waals surface area contributed by atoms with Crippen molar-refractivity contribution in [2.45, 2.75) is 27.7 Å². The van der Waals surface area contributed by atoms with Gasteiger partial charge in [-0.25, -0.2) is 9.80 Å². The van der Waals surface area contributed by atoms with Crippen LogP contribution in [0.3, 0.4) is 0 Å². The maximum atomic E-state index is 13.7. The Kier molecular flexibility index (Phi) is 4.32. The molecule has 172 valence electrons. The Morgan fingerprint density at radius 3 is 1.18 bits per heavy atom. The van der Waals surface area contributed by atoms with E-state index < -0.39 is 35.5 Å². The minimum absolute atomic E-state index is 0.257. The Labute approximate surface area is 198 Å². The van der Waals surface area contributed by atoms with Gasteiger partial charge in [0.1, 0.15) is 0 Å². The van der Waals surface area contributed by atoms with Gasteiger partial charge in [-0.3, -0.25) is 19.2 Å². The van der Waals surface area contributed by atoms with Crippen molar-refractivity contribution in [3.8, 4) is 0 Å². The lowest BCUT2D eigenvalue weighted by molar-refractivity contribution is -0.137. The Bertz CT molecular complexity index is 1200. The molecule has 0 N–H and O–H groups in total. The second kappa shape index (κ2) is 6.98. The summed E-state index contributed by atoms with van der Waals surface area (Å²) in [6, 6.07) is 11.2. The number of aryl methyl sites for hydroxylation is 2. The van der Waals surface area contributed by atoms with Gasteiger partial charge < -0.3 is 0 Å².